The topological polar surface area (TPSA) is 122 Å². The number of sulfone groups is 1. The number of urea groups is 1. The van der Waals surface area contributed by atoms with Crippen LogP contribution in [0.3, 0.4) is 0 Å². The Morgan fingerprint density at radius 1 is 1.40 bits per heavy atom. The minimum Gasteiger partial charge on any atom is -0.480 e. The lowest BCUT2D eigenvalue weighted by atomic mass is 9.89. The van der Waals surface area contributed by atoms with Gasteiger partial charge in [-0.1, -0.05) is 0 Å². The van der Waals surface area contributed by atoms with Gasteiger partial charge in [0.05, 0.1) is 11.9 Å². The highest BCUT2D eigenvalue weighted by Crippen LogP contribution is 2.22. The van der Waals surface area contributed by atoms with E-state index in [9.17, 15) is 18.0 Å². The maximum atomic E-state index is 11.6. The van der Waals surface area contributed by atoms with Crippen LogP contribution in [-0.2, 0) is 19.4 Å². The van der Waals surface area contributed by atoms with Gasteiger partial charge in [0, 0.05) is 19.4 Å². The molecule has 20 heavy (non-hydrogen) atoms. The first kappa shape index (κ1) is 16.7. The van der Waals surface area contributed by atoms with Gasteiger partial charge in [0.15, 0.2) is 0 Å². The third kappa shape index (κ3) is 5.74. The van der Waals surface area contributed by atoms with Gasteiger partial charge in [-0.2, -0.15) is 0 Å². The lowest BCUT2D eigenvalue weighted by molar-refractivity contribution is -0.139. The number of ether oxygens (including phenoxy) is 1. The minimum atomic E-state index is -3.27. The number of hydrogen-bond acceptors (Lipinski definition) is 5. The van der Waals surface area contributed by atoms with Crippen molar-refractivity contribution in [2.24, 2.45) is 0 Å². The maximum Gasteiger partial charge on any atom is 0.326 e. The van der Waals surface area contributed by atoms with Crippen molar-refractivity contribution >= 4 is 21.8 Å². The fourth-order valence-corrected chi connectivity index (χ4v) is 2.51. The Morgan fingerprint density at radius 2 is 2.00 bits per heavy atom. The second-order valence-corrected chi connectivity index (χ2v) is 7.21. The van der Waals surface area contributed by atoms with Gasteiger partial charge in [0.25, 0.3) is 0 Å². The van der Waals surface area contributed by atoms with E-state index in [1.807, 2.05) is 0 Å². The molecular formula is C11H20N2O6S. The standard InChI is InChI=1S/C11H20N2O6S/c1-19-8-5-7(6-8)12-11(16)13-9(10(14)15)3-4-20(2,17)18/h7-9H,3-6H2,1-2H3,(H,14,15)(H2,12,13,16). The van der Waals surface area contributed by atoms with Crippen molar-refractivity contribution in [1.82, 2.24) is 10.6 Å². The molecule has 1 aliphatic carbocycles. The van der Waals surface area contributed by atoms with E-state index in [1.54, 1.807) is 7.11 Å². The van der Waals surface area contributed by atoms with Crippen molar-refractivity contribution in [2.45, 2.75) is 37.5 Å². The maximum absolute atomic E-state index is 11.6. The summed E-state index contributed by atoms with van der Waals surface area (Å²) in [5.41, 5.74) is 0. The SMILES string of the molecule is COC1CC(NC(=O)NC(CCS(C)(=O)=O)C(=O)O)C1. The van der Waals surface area contributed by atoms with Gasteiger partial charge >= 0.3 is 12.0 Å². The van der Waals surface area contributed by atoms with Crippen LogP contribution >= 0.6 is 0 Å². The molecule has 116 valence electrons. The van der Waals surface area contributed by atoms with Crippen LogP contribution in [0.1, 0.15) is 19.3 Å². The Bertz CT molecular complexity index is 458. The Balaban J connectivity index is 2.37. The number of amides is 2. The first-order chi connectivity index (χ1) is 9.21. The molecule has 0 heterocycles. The summed E-state index contributed by atoms with van der Waals surface area (Å²) in [7, 11) is -1.68. The molecule has 2 amide bonds. The summed E-state index contributed by atoms with van der Waals surface area (Å²) in [4.78, 5) is 22.6. The molecule has 9 heteroatoms. The number of carbonyl (C=O) groups excluding carboxylic acids is 1. The zero-order valence-electron chi connectivity index (χ0n) is 11.5. The van der Waals surface area contributed by atoms with Crippen molar-refractivity contribution in [3.63, 3.8) is 0 Å². The van der Waals surface area contributed by atoms with Crippen molar-refractivity contribution in [1.29, 1.82) is 0 Å². The van der Waals surface area contributed by atoms with Crippen LogP contribution in [0.4, 0.5) is 4.79 Å². The summed E-state index contributed by atoms with van der Waals surface area (Å²) in [6, 6.07) is -1.86. The predicted molar refractivity (Wildman–Crippen MR) is 71.2 cm³/mol. The molecule has 0 radical (unpaired) electrons. The number of rotatable bonds is 7. The predicted octanol–water partition coefficient (Wildman–Crippen LogP) is -0.649. The van der Waals surface area contributed by atoms with Gasteiger partial charge in [-0.25, -0.2) is 18.0 Å². The highest BCUT2D eigenvalue weighted by atomic mass is 32.2. The second kappa shape index (κ2) is 6.89. The number of carbonyl (C=O) groups is 2. The van der Waals surface area contributed by atoms with E-state index in [2.05, 4.69) is 10.6 Å². The van der Waals surface area contributed by atoms with Gasteiger partial charge in [-0.3, -0.25) is 0 Å². The highest BCUT2D eigenvalue weighted by molar-refractivity contribution is 7.90. The van der Waals surface area contributed by atoms with Gasteiger partial charge in [0.1, 0.15) is 15.9 Å². The first-order valence-corrected chi connectivity index (χ1v) is 8.27. The largest absolute Gasteiger partial charge is 0.480 e. The molecule has 1 atom stereocenters. The highest BCUT2D eigenvalue weighted by Gasteiger charge is 2.31. The third-order valence-electron chi connectivity index (χ3n) is 3.14. The van der Waals surface area contributed by atoms with E-state index < -0.39 is 27.9 Å². The lowest BCUT2D eigenvalue weighted by Gasteiger charge is -2.34. The summed E-state index contributed by atoms with van der Waals surface area (Å²) in [5, 5.41) is 13.8. The molecular weight excluding hydrogens is 288 g/mol. The molecule has 1 fully saturated rings. The Kier molecular flexibility index (Phi) is 5.75. The van der Waals surface area contributed by atoms with Crippen LogP contribution in [-0.4, -0.2) is 62.8 Å². The van der Waals surface area contributed by atoms with Gasteiger partial charge in [0.2, 0.25) is 0 Å². The molecule has 0 aromatic rings. The number of hydrogen-bond donors (Lipinski definition) is 3. The van der Waals surface area contributed by atoms with Crippen molar-refractivity contribution in [3.05, 3.63) is 0 Å². The van der Waals surface area contributed by atoms with E-state index in [4.69, 9.17) is 9.84 Å². The van der Waals surface area contributed by atoms with Gasteiger partial charge in [-0.15, -0.1) is 0 Å². The normalized spacial score (nSPS) is 23.5. The number of carboxylic acids is 1. The molecule has 1 saturated carbocycles. The summed E-state index contributed by atoms with van der Waals surface area (Å²) >= 11 is 0. The van der Waals surface area contributed by atoms with E-state index in [-0.39, 0.29) is 24.3 Å². The van der Waals surface area contributed by atoms with E-state index in [1.165, 1.54) is 0 Å². The quantitative estimate of drug-likeness (QED) is 0.574. The molecule has 0 saturated heterocycles. The smallest absolute Gasteiger partial charge is 0.326 e. The van der Waals surface area contributed by atoms with Crippen molar-refractivity contribution in [3.8, 4) is 0 Å². The van der Waals surface area contributed by atoms with E-state index in [0.29, 0.717) is 12.8 Å². The van der Waals surface area contributed by atoms with E-state index in [0.717, 1.165) is 6.26 Å². The molecule has 1 rings (SSSR count). The number of methoxy groups -OCH3 is 1. The molecule has 1 unspecified atom stereocenters. The average molecular weight is 308 g/mol. The summed E-state index contributed by atoms with van der Waals surface area (Å²) in [5.74, 6) is -1.55. The second-order valence-electron chi connectivity index (χ2n) is 4.95. The van der Waals surface area contributed by atoms with Crippen LogP contribution in [0.15, 0.2) is 0 Å². The molecule has 3 N–H and O–H groups in total. The lowest BCUT2D eigenvalue weighted by Crippen LogP contribution is -2.54. The number of nitrogens with one attached hydrogen (secondary N) is 2. The van der Waals surface area contributed by atoms with Crippen LogP contribution in [0.5, 0.6) is 0 Å². The monoisotopic (exact) mass is 308 g/mol. The third-order valence-corrected chi connectivity index (χ3v) is 4.12. The van der Waals surface area contributed by atoms with Gasteiger partial charge < -0.3 is 20.5 Å². The van der Waals surface area contributed by atoms with E-state index >= 15 is 0 Å². The summed E-state index contributed by atoms with van der Waals surface area (Å²) in [6.45, 7) is 0. The van der Waals surface area contributed by atoms with Crippen LogP contribution in [0.2, 0.25) is 0 Å². The minimum absolute atomic E-state index is 0.0377. The molecule has 0 bridgehead atoms. The zero-order chi connectivity index (χ0) is 15.3. The summed E-state index contributed by atoms with van der Waals surface area (Å²) in [6.07, 6.45) is 2.36. The fraction of sp³-hybridized carbons (Fsp3) is 0.818. The Labute approximate surface area is 117 Å². The number of aliphatic carboxylic acids is 1. The van der Waals surface area contributed by atoms with Crippen LogP contribution < -0.4 is 10.6 Å². The average Bonchev–Trinajstić information content (AvgIpc) is 2.26. The summed E-state index contributed by atoms with van der Waals surface area (Å²) < 4.78 is 27.1. The Morgan fingerprint density at radius 3 is 2.45 bits per heavy atom. The number of carboxylic acid groups (broad SMARTS) is 1. The van der Waals surface area contributed by atoms with Gasteiger partial charge in [-0.05, 0) is 19.3 Å². The first-order valence-electron chi connectivity index (χ1n) is 6.21. The molecule has 0 aliphatic heterocycles. The van der Waals surface area contributed by atoms with Crippen LogP contribution in [0, 0.1) is 0 Å². The van der Waals surface area contributed by atoms with Crippen LogP contribution in [0.25, 0.3) is 0 Å². The van der Waals surface area contributed by atoms with Crippen molar-refractivity contribution < 1.29 is 27.9 Å². The molecule has 1 aliphatic rings. The molecule has 0 aromatic carbocycles. The van der Waals surface area contributed by atoms with Crippen molar-refractivity contribution in [2.75, 3.05) is 19.1 Å². The zero-order valence-corrected chi connectivity index (χ0v) is 12.3. The molecule has 0 aromatic heterocycles. The molecule has 0 spiro atoms. The fourth-order valence-electron chi connectivity index (χ4n) is 1.85. The molecule has 8 nitrogen and oxygen atoms in total. The Hall–Kier alpha value is -1.35.